The van der Waals surface area contributed by atoms with Crippen molar-refractivity contribution in [2.45, 2.75) is 91.1 Å². The van der Waals surface area contributed by atoms with Gasteiger partial charge in [-0.25, -0.2) is 0 Å². The zero-order chi connectivity index (χ0) is 20.1. The summed E-state index contributed by atoms with van der Waals surface area (Å²) in [5.74, 6) is 3.11. The molecular formula is C25H40O3. The molecule has 4 rings (SSSR count). The summed E-state index contributed by atoms with van der Waals surface area (Å²) in [5.41, 5.74) is 2.51. The van der Waals surface area contributed by atoms with Crippen molar-refractivity contribution in [2.24, 2.45) is 40.4 Å². The number of ether oxygens (including phenoxy) is 1. The fraction of sp³-hybridized carbons (Fsp3) is 0.880. The lowest BCUT2D eigenvalue weighted by Crippen LogP contribution is -2.51. The summed E-state index contributed by atoms with van der Waals surface area (Å²) in [6, 6.07) is 0. The van der Waals surface area contributed by atoms with Crippen LogP contribution < -0.4 is 0 Å². The molecule has 3 nitrogen and oxygen atoms in total. The summed E-state index contributed by atoms with van der Waals surface area (Å²) < 4.78 is 5.70. The van der Waals surface area contributed by atoms with Crippen LogP contribution >= 0.6 is 0 Å². The zero-order valence-electron chi connectivity index (χ0n) is 18.4. The highest BCUT2D eigenvalue weighted by molar-refractivity contribution is 5.66. The van der Waals surface area contributed by atoms with Crippen molar-refractivity contribution in [3.05, 3.63) is 11.6 Å². The minimum absolute atomic E-state index is 0.329. The van der Waals surface area contributed by atoms with Gasteiger partial charge in [0.2, 0.25) is 0 Å². The first-order valence-corrected chi connectivity index (χ1v) is 11.7. The monoisotopic (exact) mass is 388 g/mol. The number of hydrogen-bond donors (Lipinski definition) is 1. The number of methoxy groups -OCH3 is 1. The number of carboxylic acid groups (broad SMARTS) is 1. The lowest BCUT2D eigenvalue weighted by molar-refractivity contribution is -0.137. The highest BCUT2D eigenvalue weighted by Crippen LogP contribution is 2.67. The molecule has 0 heterocycles. The highest BCUT2D eigenvalue weighted by atomic mass is 16.5. The van der Waals surface area contributed by atoms with Gasteiger partial charge >= 0.3 is 5.97 Å². The van der Waals surface area contributed by atoms with Crippen LogP contribution in [-0.2, 0) is 9.53 Å². The molecule has 3 saturated carbocycles. The quantitative estimate of drug-likeness (QED) is 0.580. The van der Waals surface area contributed by atoms with Crippen molar-refractivity contribution in [1.29, 1.82) is 0 Å². The van der Waals surface area contributed by atoms with E-state index in [9.17, 15) is 4.79 Å². The Morgan fingerprint density at radius 3 is 2.71 bits per heavy atom. The van der Waals surface area contributed by atoms with E-state index < -0.39 is 5.97 Å². The molecule has 4 aliphatic rings. The van der Waals surface area contributed by atoms with Gasteiger partial charge in [-0.1, -0.05) is 32.4 Å². The largest absolute Gasteiger partial charge is 0.481 e. The van der Waals surface area contributed by atoms with E-state index in [2.05, 4.69) is 26.8 Å². The Hall–Kier alpha value is -0.830. The van der Waals surface area contributed by atoms with E-state index in [1.807, 2.05) is 7.11 Å². The first-order chi connectivity index (χ1) is 13.3. The molecule has 0 amide bonds. The fourth-order valence-corrected chi connectivity index (χ4v) is 8.36. The van der Waals surface area contributed by atoms with Gasteiger partial charge < -0.3 is 9.84 Å². The number of aliphatic carboxylic acids is 1. The summed E-state index contributed by atoms with van der Waals surface area (Å²) in [7, 11) is 1.87. The molecule has 0 aliphatic heterocycles. The molecule has 0 spiro atoms. The smallest absolute Gasteiger partial charge is 0.303 e. The molecular weight excluding hydrogens is 348 g/mol. The second kappa shape index (κ2) is 7.45. The molecule has 8 atom stereocenters. The Labute approximate surface area is 171 Å². The van der Waals surface area contributed by atoms with Gasteiger partial charge in [-0.05, 0) is 98.2 Å². The van der Waals surface area contributed by atoms with Gasteiger partial charge in [-0.2, -0.15) is 0 Å². The van der Waals surface area contributed by atoms with Crippen molar-refractivity contribution in [3.63, 3.8) is 0 Å². The average Bonchev–Trinajstić information content (AvgIpc) is 3.02. The van der Waals surface area contributed by atoms with E-state index in [0.29, 0.717) is 35.2 Å². The van der Waals surface area contributed by atoms with Crippen LogP contribution in [0.2, 0.25) is 0 Å². The number of rotatable bonds is 5. The molecule has 0 saturated heterocycles. The summed E-state index contributed by atoms with van der Waals surface area (Å²) >= 11 is 0. The van der Waals surface area contributed by atoms with Crippen molar-refractivity contribution >= 4 is 5.97 Å². The summed E-state index contributed by atoms with van der Waals surface area (Å²) in [5, 5.41) is 9.12. The van der Waals surface area contributed by atoms with Crippen LogP contribution in [0.25, 0.3) is 0 Å². The third-order valence-electron chi connectivity index (χ3n) is 9.97. The van der Waals surface area contributed by atoms with Crippen LogP contribution in [0.1, 0.15) is 85.0 Å². The topological polar surface area (TPSA) is 46.5 Å². The van der Waals surface area contributed by atoms with E-state index in [1.165, 1.54) is 44.9 Å². The normalized spacial score (nSPS) is 46.1. The third kappa shape index (κ3) is 3.16. The minimum Gasteiger partial charge on any atom is -0.481 e. The van der Waals surface area contributed by atoms with Gasteiger partial charge in [0.25, 0.3) is 0 Å². The number of allylic oxidation sites excluding steroid dienone is 1. The predicted octanol–water partition coefficient (Wildman–Crippen LogP) is 6.08. The Bertz CT molecular complexity index is 640. The van der Waals surface area contributed by atoms with Crippen molar-refractivity contribution in [3.8, 4) is 0 Å². The first-order valence-electron chi connectivity index (χ1n) is 11.7. The van der Waals surface area contributed by atoms with Gasteiger partial charge in [0.1, 0.15) is 0 Å². The zero-order valence-corrected chi connectivity index (χ0v) is 18.4. The summed E-state index contributed by atoms with van der Waals surface area (Å²) in [6.45, 7) is 7.44. The molecule has 0 radical (unpaired) electrons. The SMILES string of the molecule is CO[C@H]1CC[C@@]2(C)C(=CC[C@H]3[C@@H]4CC[C@H](C(C)CCC(=O)O)[C@@]4(C)CC[C@@H]32)C1. The molecule has 3 heteroatoms. The first kappa shape index (κ1) is 20.4. The van der Waals surface area contributed by atoms with Crippen LogP contribution in [-0.4, -0.2) is 24.3 Å². The molecule has 0 aromatic carbocycles. The maximum Gasteiger partial charge on any atom is 0.303 e. The van der Waals surface area contributed by atoms with E-state index >= 15 is 0 Å². The molecule has 1 N–H and O–H groups in total. The van der Waals surface area contributed by atoms with Crippen molar-refractivity contribution in [1.82, 2.24) is 0 Å². The van der Waals surface area contributed by atoms with E-state index in [0.717, 1.165) is 30.6 Å². The average molecular weight is 389 g/mol. The maximum absolute atomic E-state index is 11.1. The van der Waals surface area contributed by atoms with E-state index in [-0.39, 0.29) is 0 Å². The standard InChI is InChI=1S/C25H40O3/c1-16(5-10-23(26)27)20-8-9-21-19-7-6-17-15-18(28-4)11-13-24(17,2)22(19)12-14-25(20,21)3/h6,16,18-22H,5,7-15H2,1-4H3,(H,26,27)/t16?,18-,19-,20+,21-,22-,24-,25+/m0/s1. The Morgan fingerprint density at radius 1 is 1.21 bits per heavy atom. The molecule has 1 unspecified atom stereocenters. The fourth-order valence-electron chi connectivity index (χ4n) is 8.36. The number of fused-ring (bicyclic) bond motifs is 5. The second-order valence-corrected chi connectivity index (χ2v) is 11.0. The molecule has 158 valence electrons. The van der Waals surface area contributed by atoms with Gasteiger partial charge in [-0.15, -0.1) is 0 Å². The number of hydrogen-bond acceptors (Lipinski definition) is 2. The van der Waals surface area contributed by atoms with Gasteiger partial charge in [0.15, 0.2) is 0 Å². The predicted molar refractivity (Wildman–Crippen MR) is 112 cm³/mol. The van der Waals surface area contributed by atoms with Crippen molar-refractivity contribution < 1.29 is 14.6 Å². The molecule has 3 fully saturated rings. The molecule has 0 aromatic rings. The van der Waals surface area contributed by atoms with Gasteiger partial charge in [0, 0.05) is 13.5 Å². The summed E-state index contributed by atoms with van der Waals surface area (Å²) in [4.78, 5) is 11.1. The Kier molecular flexibility index (Phi) is 5.44. The number of carboxylic acids is 1. The highest BCUT2D eigenvalue weighted by Gasteiger charge is 2.59. The lowest BCUT2D eigenvalue weighted by atomic mass is 9.47. The second-order valence-electron chi connectivity index (χ2n) is 11.0. The third-order valence-corrected chi connectivity index (χ3v) is 9.97. The van der Waals surface area contributed by atoms with Gasteiger partial charge in [0.05, 0.1) is 6.10 Å². The van der Waals surface area contributed by atoms with Crippen LogP contribution in [0.3, 0.4) is 0 Å². The summed E-state index contributed by atoms with van der Waals surface area (Å²) in [6.07, 6.45) is 14.5. The molecule has 4 aliphatic carbocycles. The van der Waals surface area contributed by atoms with Crippen LogP contribution in [0.5, 0.6) is 0 Å². The molecule has 0 aromatic heterocycles. The van der Waals surface area contributed by atoms with Crippen LogP contribution in [0.4, 0.5) is 0 Å². The van der Waals surface area contributed by atoms with Crippen LogP contribution in [0, 0.1) is 40.4 Å². The Morgan fingerprint density at radius 2 is 2.00 bits per heavy atom. The van der Waals surface area contributed by atoms with E-state index in [4.69, 9.17) is 9.84 Å². The van der Waals surface area contributed by atoms with Crippen molar-refractivity contribution in [2.75, 3.05) is 7.11 Å². The molecule has 0 bridgehead atoms. The molecule has 28 heavy (non-hydrogen) atoms. The number of carbonyl (C=O) groups is 1. The van der Waals surface area contributed by atoms with E-state index in [1.54, 1.807) is 5.57 Å². The lowest BCUT2D eigenvalue weighted by Gasteiger charge is -2.58. The minimum atomic E-state index is -0.639. The van der Waals surface area contributed by atoms with Crippen LogP contribution in [0.15, 0.2) is 11.6 Å². The maximum atomic E-state index is 11.1. The van der Waals surface area contributed by atoms with Gasteiger partial charge in [-0.3, -0.25) is 4.79 Å². The Balaban J connectivity index is 1.53.